The number of nitrogens with zero attached hydrogens (tertiary/aromatic N) is 3. The Labute approximate surface area is 127 Å². The van der Waals surface area contributed by atoms with Gasteiger partial charge in [0, 0.05) is 36.7 Å². The molecule has 1 N–H and O–H groups in total. The lowest BCUT2D eigenvalue weighted by atomic mass is 9.89. The van der Waals surface area contributed by atoms with Gasteiger partial charge < -0.3 is 10.2 Å². The highest BCUT2D eigenvalue weighted by Gasteiger charge is 2.20. The van der Waals surface area contributed by atoms with Crippen LogP contribution < -0.4 is 5.32 Å². The van der Waals surface area contributed by atoms with Crippen molar-refractivity contribution < 1.29 is 4.79 Å². The summed E-state index contributed by atoms with van der Waals surface area (Å²) in [4.78, 5) is 22.7. The first-order chi connectivity index (χ1) is 9.97. The fraction of sp³-hybridized carbons (Fsp3) is 0.688. The number of likely N-dealkylation sites (tertiary alicyclic amines) is 1. The first-order valence-electron chi connectivity index (χ1n) is 7.75. The van der Waals surface area contributed by atoms with Gasteiger partial charge in [0.25, 0.3) is 0 Å². The molecule has 0 atom stereocenters. The van der Waals surface area contributed by atoms with Gasteiger partial charge in [-0.25, -0.2) is 9.97 Å². The van der Waals surface area contributed by atoms with E-state index in [0.717, 1.165) is 30.9 Å². The van der Waals surface area contributed by atoms with Gasteiger partial charge in [0.05, 0.1) is 5.69 Å². The number of carbonyl (C=O) groups excluding carboxylic acids is 1. The summed E-state index contributed by atoms with van der Waals surface area (Å²) in [7, 11) is 0. The summed E-state index contributed by atoms with van der Waals surface area (Å²) in [5, 5.41) is 2.99. The van der Waals surface area contributed by atoms with Gasteiger partial charge in [-0.05, 0) is 25.9 Å². The molecule has 1 fully saturated rings. The molecule has 1 amide bonds. The van der Waals surface area contributed by atoms with Crippen molar-refractivity contribution in [2.24, 2.45) is 0 Å². The highest BCUT2D eigenvalue weighted by atomic mass is 16.1. The summed E-state index contributed by atoms with van der Waals surface area (Å²) >= 11 is 0. The smallest absolute Gasteiger partial charge is 0.221 e. The third kappa shape index (κ3) is 4.77. The number of hydrogen-bond donors (Lipinski definition) is 1. The highest BCUT2D eigenvalue weighted by molar-refractivity contribution is 5.76. The van der Waals surface area contributed by atoms with E-state index >= 15 is 0 Å². The van der Waals surface area contributed by atoms with Crippen molar-refractivity contribution in [3.05, 3.63) is 23.8 Å². The molecule has 116 valence electrons. The molecule has 1 aliphatic rings. The van der Waals surface area contributed by atoms with E-state index in [9.17, 15) is 4.79 Å². The molecule has 21 heavy (non-hydrogen) atoms. The zero-order chi connectivity index (χ0) is 15.3. The van der Waals surface area contributed by atoms with Gasteiger partial charge in [-0.15, -0.1) is 0 Å². The van der Waals surface area contributed by atoms with Crippen molar-refractivity contribution in [2.75, 3.05) is 19.6 Å². The van der Waals surface area contributed by atoms with Crippen LogP contribution in [0.25, 0.3) is 0 Å². The molecule has 0 aromatic carbocycles. The Morgan fingerprint density at radius 2 is 2.05 bits per heavy atom. The maximum atomic E-state index is 12.0. The molecule has 0 radical (unpaired) electrons. The molecule has 1 aliphatic heterocycles. The fourth-order valence-corrected chi connectivity index (χ4v) is 2.71. The second-order valence-electron chi connectivity index (χ2n) is 6.72. The molecular formula is C16H26N4O. The van der Waals surface area contributed by atoms with Crippen molar-refractivity contribution in [1.82, 2.24) is 20.2 Å². The monoisotopic (exact) mass is 290 g/mol. The number of hydrogen-bond acceptors (Lipinski definition) is 4. The Balaban J connectivity index is 1.83. The predicted octanol–water partition coefficient (Wildman–Crippen LogP) is 1.88. The SMILES string of the molecule is CC(C)(C)c1ncncc1CNC(=O)CCN1CCCC1. The van der Waals surface area contributed by atoms with Crippen LogP contribution >= 0.6 is 0 Å². The van der Waals surface area contributed by atoms with Gasteiger partial charge in [0.2, 0.25) is 5.91 Å². The fourth-order valence-electron chi connectivity index (χ4n) is 2.71. The molecule has 0 aliphatic carbocycles. The maximum Gasteiger partial charge on any atom is 0.221 e. The lowest BCUT2D eigenvalue weighted by Gasteiger charge is -2.21. The predicted molar refractivity (Wildman–Crippen MR) is 82.9 cm³/mol. The molecule has 0 unspecified atom stereocenters. The van der Waals surface area contributed by atoms with Gasteiger partial charge in [-0.3, -0.25) is 4.79 Å². The van der Waals surface area contributed by atoms with Crippen LogP contribution in [0.3, 0.4) is 0 Å². The number of aromatic nitrogens is 2. The van der Waals surface area contributed by atoms with E-state index in [1.807, 2.05) is 0 Å². The standard InChI is InChI=1S/C16H26N4O/c1-16(2,3)15-13(10-17-12-19-15)11-18-14(21)6-9-20-7-4-5-8-20/h10,12H,4-9,11H2,1-3H3,(H,18,21). The van der Waals surface area contributed by atoms with Gasteiger partial charge >= 0.3 is 0 Å². The minimum atomic E-state index is -0.0431. The van der Waals surface area contributed by atoms with Crippen molar-refractivity contribution in [3.8, 4) is 0 Å². The Bertz CT molecular complexity index is 475. The first-order valence-corrected chi connectivity index (χ1v) is 7.75. The molecule has 0 saturated carbocycles. The largest absolute Gasteiger partial charge is 0.352 e. The summed E-state index contributed by atoms with van der Waals surface area (Å²) in [6.07, 6.45) is 6.46. The van der Waals surface area contributed by atoms with Crippen molar-refractivity contribution in [3.63, 3.8) is 0 Å². The first kappa shape index (κ1) is 15.9. The van der Waals surface area contributed by atoms with E-state index in [1.54, 1.807) is 12.5 Å². The van der Waals surface area contributed by atoms with Crippen molar-refractivity contribution in [2.45, 2.75) is 52.0 Å². The van der Waals surface area contributed by atoms with Crippen molar-refractivity contribution in [1.29, 1.82) is 0 Å². The van der Waals surface area contributed by atoms with Crippen molar-refractivity contribution >= 4 is 5.91 Å². The Morgan fingerprint density at radius 1 is 1.33 bits per heavy atom. The van der Waals surface area contributed by atoms with Crippen LogP contribution in [-0.4, -0.2) is 40.4 Å². The summed E-state index contributed by atoms with van der Waals surface area (Å²) < 4.78 is 0. The number of rotatable bonds is 5. The number of amides is 1. The van der Waals surface area contributed by atoms with Crippen LogP contribution in [0.5, 0.6) is 0 Å². The summed E-state index contributed by atoms with van der Waals surface area (Å²) in [5.74, 6) is 0.102. The average Bonchev–Trinajstić information content (AvgIpc) is 2.95. The zero-order valence-corrected chi connectivity index (χ0v) is 13.4. The molecule has 0 bridgehead atoms. The lowest BCUT2D eigenvalue weighted by Crippen LogP contribution is -2.30. The molecular weight excluding hydrogens is 264 g/mol. The second-order valence-corrected chi connectivity index (χ2v) is 6.72. The van der Waals surface area contributed by atoms with Gasteiger partial charge in [0.1, 0.15) is 6.33 Å². The Kier molecular flexibility index (Phi) is 5.28. The summed E-state index contributed by atoms with van der Waals surface area (Å²) in [6, 6.07) is 0. The van der Waals surface area contributed by atoms with E-state index < -0.39 is 0 Å². The van der Waals surface area contributed by atoms with Crippen LogP contribution in [0.15, 0.2) is 12.5 Å². The second kappa shape index (κ2) is 6.98. The van der Waals surface area contributed by atoms with E-state index in [4.69, 9.17) is 0 Å². The molecule has 5 heteroatoms. The normalized spacial score (nSPS) is 16.1. The Morgan fingerprint density at radius 3 is 2.71 bits per heavy atom. The third-order valence-corrected chi connectivity index (χ3v) is 3.83. The summed E-state index contributed by atoms with van der Waals surface area (Å²) in [5.41, 5.74) is 1.95. The molecule has 1 saturated heterocycles. The van der Waals surface area contributed by atoms with Crippen LogP contribution in [0.4, 0.5) is 0 Å². The van der Waals surface area contributed by atoms with E-state index in [0.29, 0.717) is 13.0 Å². The average molecular weight is 290 g/mol. The van der Waals surface area contributed by atoms with Crippen LogP contribution in [-0.2, 0) is 16.8 Å². The molecule has 1 aromatic rings. The maximum absolute atomic E-state index is 12.0. The summed E-state index contributed by atoms with van der Waals surface area (Å²) in [6.45, 7) is 9.99. The Hall–Kier alpha value is -1.49. The van der Waals surface area contributed by atoms with Gasteiger partial charge in [-0.1, -0.05) is 20.8 Å². The van der Waals surface area contributed by atoms with E-state index in [-0.39, 0.29) is 11.3 Å². The topological polar surface area (TPSA) is 58.1 Å². The number of nitrogens with one attached hydrogen (secondary N) is 1. The van der Waals surface area contributed by atoms with Crippen LogP contribution in [0, 0.1) is 0 Å². The quantitative estimate of drug-likeness (QED) is 0.899. The lowest BCUT2D eigenvalue weighted by molar-refractivity contribution is -0.121. The molecule has 1 aromatic heterocycles. The molecule has 2 rings (SSSR count). The molecule has 0 spiro atoms. The number of carbonyl (C=O) groups is 1. The minimum absolute atomic E-state index is 0.0431. The van der Waals surface area contributed by atoms with Gasteiger partial charge in [0.15, 0.2) is 0 Å². The van der Waals surface area contributed by atoms with Crippen LogP contribution in [0.1, 0.15) is 51.3 Å². The third-order valence-electron chi connectivity index (χ3n) is 3.83. The highest BCUT2D eigenvalue weighted by Crippen LogP contribution is 2.22. The van der Waals surface area contributed by atoms with E-state index in [2.05, 4.69) is 41.0 Å². The van der Waals surface area contributed by atoms with Crippen LogP contribution in [0.2, 0.25) is 0 Å². The molecule has 5 nitrogen and oxygen atoms in total. The minimum Gasteiger partial charge on any atom is -0.352 e. The molecule has 2 heterocycles. The zero-order valence-electron chi connectivity index (χ0n) is 13.4. The van der Waals surface area contributed by atoms with E-state index in [1.165, 1.54) is 12.8 Å². The van der Waals surface area contributed by atoms with Gasteiger partial charge in [-0.2, -0.15) is 0 Å².